The predicted molar refractivity (Wildman–Crippen MR) is 217 cm³/mol. The Morgan fingerprint density at radius 1 is 0.346 bits per heavy atom. The summed E-state index contributed by atoms with van der Waals surface area (Å²) in [6, 6.07) is 60.9. The molecule has 0 amide bonds. The van der Waals surface area contributed by atoms with Crippen molar-refractivity contribution >= 4 is 87.0 Å². The lowest BCUT2D eigenvalue weighted by Crippen LogP contribution is -2.04. The van der Waals surface area contributed by atoms with Crippen LogP contribution in [0.4, 0.5) is 0 Å². The second-order valence-corrected chi connectivity index (χ2v) is 13.7. The van der Waals surface area contributed by atoms with Crippen LogP contribution in [-0.4, -0.2) is 19.1 Å². The quantitative estimate of drug-likeness (QED) is 0.177. The zero-order chi connectivity index (χ0) is 33.9. The highest BCUT2D eigenvalue weighted by molar-refractivity contribution is 6.39. The largest absolute Gasteiger partial charge is 0.309 e. The number of aromatic nitrogens is 4. The molecule has 0 bridgehead atoms. The van der Waals surface area contributed by atoms with Gasteiger partial charge in [0.05, 0.1) is 33.1 Å². The van der Waals surface area contributed by atoms with Crippen LogP contribution in [0.1, 0.15) is 0 Å². The first-order valence-electron chi connectivity index (χ1n) is 17.8. The lowest BCUT2D eigenvalue weighted by Gasteiger charge is -2.15. The van der Waals surface area contributed by atoms with Crippen LogP contribution >= 0.6 is 0 Å². The topological polar surface area (TPSA) is 35.6 Å². The third kappa shape index (κ3) is 3.60. The Hall–Kier alpha value is -7.04. The molecule has 12 aromatic rings. The second-order valence-electron chi connectivity index (χ2n) is 13.7. The summed E-state index contributed by atoms with van der Waals surface area (Å²) in [4.78, 5) is 11.1. The fourth-order valence-electron chi connectivity index (χ4n) is 8.95. The molecule has 0 fully saturated rings. The van der Waals surface area contributed by atoms with Gasteiger partial charge in [-0.3, -0.25) is 4.57 Å². The average Bonchev–Trinajstić information content (AvgIpc) is 3.73. The van der Waals surface area contributed by atoms with Gasteiger partial charge >= 0.3 is 0 Å². The van der Waals surface area contributed by atoms with Crippen LogP contribution in [0.25, 0.3) is 110 Å². The molecule has 9 aromatic carbocycles. The van der Waals surface area contributed by atoms with Gasteiger partial charge in [0.1, 0.15) is 5.69 Å². The molecule has 52 heavy (non-hydrogen) atoms. The molecule has 4 heteroatoms. The van der Waals surface area contributed by atoms with E-state index >= 15 is 0 Å². The van der Waals surface area contributed by atoms with E-state index in [0.717, 1.165) is 61.2 Å². The number of benzene rings is 9. The van der Waals surface area contributed by atoms with E-state index in [9.17, 15) is 0 Å². The summed E-state index contributed by atoms with van der Waals surface area (Å²) in [5, 5.41) is 12.4. The third-order valence-corrected chi connectivity index (χ3v) is 11.0. The van der Waals surface area contributed by atoms with Crippen molar-refractivity contribution in [1.29, 1.82) is 0 Å². The maximum atomic E-state index is 5.55. The summed E-state index contributed by atoms with van der Waals surface area (Å²) in [6.45, 7) is 0. The van der Waals surface area contributed by atoms with Gasteiger partial charge in [0.25, 0.3) is 0 Å². The first-order chi connectivity index (χ1) is 25.8. The van der Waals surface area contributed by atoms with Crippen molar-refractivity contribution in [2.45, 2.75) is 0 Å². The number of para-hydroxylation sites is 4. The van der Waals surface area contributed by atoms with Crippen molar-refractivity contribution in [3.05, 3.63) is 170 Å². The Morgan fingerprint density at radius 3 is 1.79 bits per heavy atom. The summed E-state index contributed by atoms with van der Waals surface area (Å²) in [6.07, 6.45) is 0. The SMILES string of the molecule is c1ccc(-n2c3ccccc3c3c(-c4nc5ccccc5nc4-n4c5cccc6c7ccccc7c7c8ccccc8cc4c7c65)cccc32)cc1. The van der Waals surface area contributed by atoms with Gasteiger partial charge in [-0.25, -0.2) is 9.97 Å². The van der Waals surface area contributed by atoms with Gasteiger partial charge in [0.2, 0.25) is 0 Å². The van der Waals surface area contributed by atoms with E-state index in [0.29, 0.717) is 0 Å². The molecule has 0 aliphatic carbocycles. The highest BCUT2D eigenvalue weighted by Gasteiger charge is 2.26. The molecule has 12 rings (SSSR count). The zero-order valence-corrected chi connectivity index (χ0v) is 28.0. The van der Waals surface area contributed by atoms with Crippen LogP contribution in [-0.2, 0) is 0 Å². The van der Waals surface area contributed by atoms with Gasteiger partial charge < -0.3 is 4.57 Å². The smallest absolute Gasteiger partial charge is 0.165 e. The lowest BCUT2D eigenvalue weighted by atomic mass is 9.91. The van der Waals surface area contributed by atoms with Crippen molar-refractivity contribution in [3.8, 4) is 22.8 Å². The molecule has 0 N–H and O–H groups in total. The van der Waals surface area contributed by atoms with Crippen molar-refractivity contribution in [2.75, 3.05) is 0 Å². The van der Waals surface area contributed by atoms with Gasteiger partial charge in [0.15, 0.2) is 5.82 Å². The number of nitrogens with zero attached hydrogens (tertiary/aromatic N) is 4. The van der Waals surface area contributed by atoms with Gasteiger partial charge in [0, 0.05) is 38.2 Å². The standard InChI is InChI=1S/C48H28N4/c1-2-15-30(16-3-1)51-39-25-11-8-20-35(39)43-36(22-13-26-40(43)51)47-48(50-38-24-10-9-23-37(38)49-47)52-41-27-12-21-34-32-18-6-7-19-33(32)44-31-17-5-4-14-29(31)28-42(52)46(44)45(34)41/h1-28H. The Balaban J connectivity index is 1.29. The molecular weight excluding hydrogens is 633 g/mol. The molecule has 0 aliphatic rings. The minimum Gasteiger partial charge on any atom is -0.309 e. The molecule has 0 saturated carbocycles. The van der Waals surface area contributed by atoms with Gasteiger partial charge in [-0.1, -0.05) is 121 Å². The third-order valence-electron chi connectivity index (χ3n) is 11.0. The van der Waals surface area contributed by atoms with E-state index in [1.807, 2.05) is 6.07 Å². The van der Waals surface area contributed by atoms with Crippen LogP contribution in [0.3, 0.4) is 0 Å². The van der Waals surface area contributed by atoms with E-state index in [1.165, 1.54) is 48.5 Å². The lowest BCUT2D eigenvalue weighted by molar-refractivity contribution is 1.08. The molecule has 3 aromatic heterocycles. The van der Waals surface area contributed by atoms with Gasteiger partial charge in [-0.2, -0.15) is 0 Å². The van der Waals surface area contributed by atoms with Crippen molar-refractivity contribution in [1.82, 2.24) is 19.1 Å². The van der Waals surface area contributed by atoms with Crippen molar-refractivity contribution in [3.63, 3.8) is 0 Å². The fourth-order valence-corrected chi connectivity index (χ4v) is 8.95. The minimum atomic E-state index is 0.826. The van der Waals surface area contributed by atoms with Gasteiger partial charge in [-0.05, 0) is 75.5 Å². The Morgan fingerprint density at radius 2 is 0.942 bits per heavy atom. The summed E-state index contributed by atoms with van der Waals surface area (Å²) in [5.74, 6) is 0.826. The number of hydrogen-bond acceptors (Lipinski definition) is 2. The molecule has 240 valence electrons. The van der Waals surface area contributed by atoms with E-state index in [-0.39, 0.29) is 0 Å². The highest BCUT2D eigenvalue weighted by Crippen LogP contribution is 2.48. The molecule has 3 heterocycles. The Bertz CT molecular complexity index is 3400. The molecule has 0 unspecified atom stereocenters. The van der Waals surface area contributed by atoms with E-state index in [4.69, 9.17) is 9.97 Å². The molecule has 0 atom stereocenters. The Kier molecular flexibility index (Phi) is 5.47. The van der Waals surface area contributed by atoms with E-state index in [2.05, 4.69) is 173 Å². The fraction of sp³-hybridized carbons (Fsp3) is 0. The first kappa shape index (κ1) is 27.7. The Labute approximate surface area is 297 Å². The minimum absolute atomic E-state index is 0.826. The normalized spacial score (nSPS) is 12.2. The van der Waals surface area contributed by atoms with Crippen LogP contribution in [0.2, 0.25) is 0 Å². The van der Waals surface area contributed by atoms with Gasteiger partial charge in [-0.15, -0.1) is 0 Å². The summed E-state index contributed by atoms with van der Waals surface area (Å²) < 4.78 is 4.76. The molecule has 0 radical (unpaired) electrons. The maximum Gasteiger partial charge on any atom is 0.165 e. The summed E-state index contributed by atoms with van der Waals surface area (Å²) in [5.41, 5.74) is 9.34. The molecule has 4 nitrogen and oxygen atoms in total. The average molecular weight is 661 g/mol. The van der Waals surface area contributed by atoms with E-state index in [1.54, 1.807) is 0 Å². The predicted octanol–water partition coefficient (Wildman–Crippen LogP) is 12.4. The van der Waals surface area contributed by atoms with Crippen molar-refractivity contribution < 1.29 is 0 Å². The maximum absolute atomic E-state index is 5.55. The van der Waals surface area contributed by atoms with Crippen molar-refractivity contribution in [2.24, 2.45) is 0 Å². The molecule has 0 saturated heterocycles. The summed E-state index contributed by atoms with van der Waals surface area (Å²) >= 11 is 0. The van der Waals surface area contributed by atoms with Crippen LogP contribution in [0, 0.1) is 0 Å². The highest BCUT2D eigenvalue weighted by atomic mass is 15.1. The second kappa shape index (κ2) is 10.3. The summed E-state index contributed by atoms with van der Waals surface area (Å²) in [7, 11) is 0. The molecule has 0 spiro atoms. The van der Waals surface area contributed by atoms with E-state index < -0.39 is 0 Å². The number of rotatable bonds is 3. The van der Waals surface area contributed by atoms with Crippen LogP contribution in [0.15, 0.2) is 170 Å². The monoisotopic (exact) mass is 660 g/mol. The molecular formula is C48H28N4. The van der Waals surface area contributed by atoms with Crippen LogP contribution < -0.4 is 0 Å². The molecule has 0 aliphatic heterocycles. The number of fused-ring (bicyclic) bond motifs is 9. The zero-order valence-electron chi connectivity index (χ0n) is 28.0. The van der Waals surface area contributed by atoms with Crippen LogP contribution in [0.5, 0.6) is 0 Å². The number of hydrogen-bond donors (Lipinski definition) is 0. The first-order valence-corrected chi connectivity index (χ1v) is 17.8.